The van der Waals surface area contributed by atoms with Crippen molar-refractivity contribution in [3.63, 3.8) is 0 Å². The molecular weight excluding hydrogens is 228 g/mol. The van der Waals surface area contributed by atoms with Gasteiger partial charge in [-0.05, 0) is 35.4 Å². The standard InChI is InChI=1S/C14H18N2S/c1-16(8-11-6-15-7-11)9-12-10-17-14-5-3-2-4-13(12)14/h2-5,10-11,15H,6-9H2,1H3. The van der Waals surface area contributed by atoms with Gasteiger partial charge in [-0.1, -0.05) is 18.2 Å². The van der Waals surface area contributed by atoms with E-state index in [1.165, 1.54) is 35.3 Å². The number of benzene rings is 1. The number of nitrogens with zero attached hydrogens (tertiary/aromatic N) is 1. The second-order valence-corrected chi connectivity index (χ2v) is 5.89. The van der Waals surface area contributed by atoms with Gasteiger partial charge in [0.1, 0.15) is 0 Å². The minimum Gasteiger partial charge on any atom is -0.316 e. The zero-order valence-corrected chi connectivity index (χ0v) is 11.0. The molecule has 0 bridgehead atoms. The number of hydrogen-bond acceptors (Lipinski definition) is 3. The van der Waals surface area contributed by atoms with E-state index in [2.05, 4.69) is 46.9 Å². The van der Waals surface area contributed by atoms with Gasteiger partial charge in [0.2, 0.25) is 0 Å². The zero-order valence-electron chi connectivity index (χ0n) is 10.1. The molecule has 2 heterocycles. The van der Waals surface area contributed by atoms with Crippen LogP contribution in [-0.4, -0.2) is 31.6 Å². The van der Waals surface area contributed by atoms with Crippen molar-refractivity contribution in [2.75, 3.05) is 26.7 Å². The molecule has 2 nitrogen and oxygen atoms in total. The minimum atomic E-state index is 0.852. The van der Waals surface area contributed by atoms with Gasteiger partial charge in [0.25, 0.3) is 0 Å². The van der Waals surface area contributed by atoms with Crippen LogP contribution >= 0.6 is 11.3 Å². The third kappa shape index (κ3) is 2.37. The molecule has 17 heavy (non-hydrogen) atoms. The predicted molar refractivity (Wildman–Crippen MR) is 74.5 cm³/mol. The first-order chi connectivity index (χ1) is 8.33. The van der Waals surface area contributed by atoms with E-state index in [0.29, 0.717) is 0 Å². The zero-order chi connectivity index (χ0) is 11.7. The van der Waals surface area contributed by atoms with E-state index in [1.54, 1.807) is 0 Å². The van der Waals surface area contributed by atoms with Crippen LogP contribution in [0.3, 0.4) is 0 Å². The third-order valence-electron chi connectivity index (χ3n) is 3.44. The van der Waals surface area contributed by atoms with Gasteiger partial charge in [-0.15, -0.1) is 11.3 Å². The Kier molecular flexibility index (Phi) is 3.14. The van der Waals surface area contributed by atoms with Gasteiger partial charge >= 0.3 is 0 Å². The molecule has 0 amide bonds. The summed E-state index contributed by atoms with van der Waals surface area (Å²) < 4.78 is 1.40. The maximum atomic E-state index is 3.33. The molecule has 0 spiro atoms. The van der Waals surface area contributed by atoms with Crippen molar-refractivity contribution in [1.29, 1.82) is 0 Å². The number of nitrogens with one attached hydrogen (secondary N) is 1. The number of hydrogen-bond donors (Lipinski definition) is 1. The SMILES string of the molecule is CN(Cc1csc2ccccc12)CC1CNC1. The molecule has 0 radical (unpaired) electrons. The monoisotopic (exact) mass is 246 g/mol. The molecule has 2 aromatic rings. The first-order valence-electron chi connectivity index (χ1n) is 6.17. The van der Waals surface area contributed by atoms with E-state index in [0.717, 1.165) is 12.5 Å². The van der Waals surface area contributed by atoms with E-state index in [-0.39, 0.29) is 0 Å². The molecule has 1 aliphatic rings. The molecule has 1 fully saturated rings. The lowest BCUT2D eigenvalue weighted by Gasteiger charge is -2.31. The first kappa shape index (κ1) is 11.2. The molecule has 1 aliphatic heterocycles. The highest BCUT2D eigenvalue weighted by Gasteiger charge is 2.18. The Morgan fingerprint density at radius 1 is 1.35 bits per heavy atom. The highest BCUT2D eigenvalue weighted by atomic mass is 32.1. The van der Waals surface area contributed by atoms with Crippen LogP contribution in [0.15, 0.2) is 29.6 Å². The van der Waals surface area contributed by atoms with Crippen LogP contribution in [0.5, 0.6) is 0 Å². The summed E-state index contributed by atoms with van der Waals surface area (Å²) in [6.07, 6.45) is 0. The van der Waals surface area contributed by atoms with Crippen LogP contribution in [0.4, 0.5) is 0 Å². The van der Waals surface area contributed by atoms with Crippen molar-refractivity contribution < 1.29 is 0 Å². The number of fused-ring (bicyclic) bond motifs is 1. The smallest absolute Gasteiger partial charge is 0.0346 e. The fraction of sp³-hybridized carbons (Fsp3) is 0.429. The molecule has 1 N–H and O–H groups in total. The lowest BCUT2D eigenvalue weighted by Crippen LogP contribution is -2.47. The topological polar surface area (TPSA) is 15.3 Å². The summed E-state index contributed by atoms with van der Waals surface area (Å²) in [4.78, 5) is 2.44. The third-order valence-corrected chi connectivity index (χ3v) is 4.45. The van der Waals surface area contributed by atoms with Gasteiger partial charge in [-0.2, -0.15) is 0 Å². The molecule has 90 valence electrons. The van der Waals surface area contributed by atoms with Crippen LogP contribution < -0.4 is 5.32 Å². The molecule has 3 rings (SSSR count). The predicted octanol–water partition coefficient (Wildman–Crippen LogP) is 2.55. The van der Waals surface area contributed by atoms with Crippen LogP contribution in [0, 0.1) is 5.92 Å². The largest absolute Gasteiger partial charge is 0.316 e. The minimum absolute atomic E-state index is 0.852. The molecule has 1 saturated heterocycles. The molecule has 1 aromatic heterocycles. The first-order valence-corrected chi connectivity index (χ1v) is 7.05. The van der Waals surface area contributed by atoms with Crippen LogP contribution in [0.2, 0.25) is 0 Å². The summed E-state index contributed by atoms with van der Waals surface area (Å²) >= 11 is 1.86. The Morgan fingerprint density at radius 2 is 2.18 bits per heavy atom. The second kappa shape index (κ2) is 4.77. The average molecular weight is 246 g/mol. The Balaban J connectivity index is 1.71. The lowest BCUT2D eigenvalue weighted by atomic mass is 10.0. The number of thiophene rings is 1. The van der Waals surface area contributed by atoms with Crippen LogP contribution in [-0.2, 0) is 6.54 Å². The molecular formula is C14H18N2S. The van der Waals surface area contributed by atoms with E-state index >= 15 is 0 Å². The Labute approximate surface area is 106 Å². The highest BCUT2D eigenvalue weighted by Crippen LogP contribution is 2.26. The Morgan fingerprint density at radius 3 is 2.94 bits per heavy atom. The normalized spacial score (nSPS) is 16.6. The van der Waals surface area contributed by atoms with Gasteiger partial charge in [-0.25, -0.2) is 0 Å². The van der Waals surface area contributed by atoms with Crippen LogP contribution in [0.25, 0.3) is 10.1 Å². The van der Waals surface area contributed by atoms with Crippen molar-refractivity contribution in [3.8, 4) is 0 Å². The van der Waals surface area contributed by atoms with E-state index in [1.807, 2.05) is 11.3 Å². The number of rotatable bonds is 4. The quantitative estimate of drug-likeness (QED) is 0.892. The van der Waals surface area contributed by atoms with Crippen molar-refractivity contribution >= 4 is 21.4 Å². The van der Waals surface area contributed by atoms with E-state index < -0.39 is 0 Å². The molecule has 1 aromatic carbocycles. The second-order valence-electron chi connectivity index (χ2n) is 4.98. The molecule has 0 aliphatic carbocycles. The van der Waals surface area contributed by atoms with Crippen molar-refractivity contribution in [2.24, 2.45) is 5.92 Å². The average Bonchev–Trinajstić information content (AvgIpc) is 2.68. The molecule has 0 saturated carbocycles. The van der Waals surface area contributed by atoms with Gasteiger partial charge in [0.05, 0.1) is 0 Å². The maximum absolute atomic E-state index is 3.33. The van der Waals surface area contributed by atoms with E-state index in [9.17, 15) is 0 Å². The summed E-state index contributed by atoms with van der Waals surface area (Å²) in [6.45, 7) is 4.65. The summed E-state index contributed by atoms with van der Waals surface area (Å²) in [5.41, 5.74) is 1.47. The maximum Gasteiger partial charge on any atom is 0.0346 e. The molecule has 3 heteroatoms. The Bertz CT molecular complexity index is 502. The van der Waals surface area contributed by atoms with Crippen molar-refractivity contribution in [1.82, 2.24) is 10.2 Å². The van der Waals surface area contributed by atoms with Crippen molar-refractivity contribution in [2.45, 2.75) is 6.54 Å². The fourth-order valence-corrected chi connectivity index (χ4v) is 3.38. The summed E-state index contributed by atoms with van der Waals surface area (Å²) in [6, 6.07) is 8.69. The fourth-order valence-electron chi connectivity index (χ4n) is 2.43. The Hall–Kier alpha value is -0.900. The summed E-state index contributed by atoms with van der Waals surface area (Å²) in [5, 5.41) is 7.06. The van der Waals surface area contributed by atoms with Gasteiger partial charge in [-0.3, -0.25) is 0 Å². The van der Waals surface area contributed by atoms with Gasteiger partial charge in [0, 0.05) is 30.9 Å². The van der Waals surface area contributed by atoms with Crippen molar-refractivity contribution in [3.05, 3.63) is 35.2 Å². The summed E-state index contributed by atoms with van der Waals surface area (Å²) in [5.74, 6) is 0.852. The molecule has 0 unspecified atom stereocenters. The van der Waals surface area contributed by atoms with Gasteiger partial charge < -0.3 is 10.2 Å². The lowest BCUT2D eigenvalue weighted by molar-refractivity contribution is 0.219. The highest BCUT2D eigenvalue weighted by molar-refractivity contribution is 7.17. The van der Waals surface area contributed by atoms with Gasteiger partial charge in [0.15, 0.2) is 0 Å². The summed E-state index contributed by atoms with van der Waals surface area (Å²) in [7, 11) is 2.23. The van der Waals surface area contributed by atoms with Crippen LogP contribution in [0.1, 0.15) is 5.56 Å². The van der Waals surface area contributed by atoms with E-state index in [4.69, 9.17) is 0 Å². The molecule has 0 atom stereocenters.